The van der Waals surface area contributed by atoms with E-state index < -0.39 is 5.91 Å². The van der Waals surface area contributed by atoms with Crippen LogP contribution in [0.3, 0.4) is 0 Å². The van der Waals surface area contributed by atoms with Gasteiger partial charge in [-0.2, -0.15) is 0 Å². The number of hydrogen-bond donors (Lipinski definition) is 1. The van der Waals surface area contributed by atoms with E-state index in [4.69, 9.17) is 48.5 Å². The molecule has 0 spiro atoms. The summed E-state index contributed by atoms with van der Waals surface area (Å²) in [5.41, 5.74) is 3.35. The monoisotopic (exact) mass is 502 g/mol. The maximum absolute atomic E-state index is 12.8. The molecule has 2 aromatic heterocycles. The average molecular weight is 504 g/mol. The van der Waals surface area contributed by atoms with E-state index in [-0.39, 0.29) is 11.7 Å². The van der Waals surface area contributed by atoms with Crippen molar-refractivity contribution in [2.24, 2.45) is 0 Å². The van der Waals surface area contributed by atoms with Crippen LogP contribution in [0.1, 0.15) is 34.7 Å². The number of aromatic nitrogens is 1. The number of furan rings is 1. The van der Waals surface area contributed by atoms with Gasteiger partial charge in [-0.05, 0) is 68.1 Å². The third kappa shape index (κ3) is 4.74. The summed E-state index contributed by atoms with van der Waals surface area (Å²) in [6, 6.07) is 13.1. The summed E-state index contributed by atoms with van der Waals surface area (Å²) in [4.78, 5) is 12.8. The van der Waals surface area contributed by atoms with Crippen molar-refractivity contribution in [1.82, 2.24) is 5.16 Å². The number of halogens is 3. The molecule has 2 heterocycles. The molecule has 6 nitrogen and oxygen atoms in total. The molecule has 5 rings (SSSR count). The number of nitrogens with one attached hydrogen (secondary N) is 1. The number of aryl methyl sites for hydroxylation is 1. The SMILES string of the molecule is O=C(Nc1cc(-c2onc3c2CCCC3)ccc1Cl)c1ccc(Oc2cc(Cl)cc(Cl)c2)o1. The molecular formula is C24H17Cl3N2O4. The Morgan fingerprint density at radius 3 is 2.58 bits per heavy atom. The van der Waals surface area contributed by atoms with Gasteiger partial charge < -0.3 is 19.0 Å². The Bertz CT molecular complexity index is 1330. The highest BCUT2D eigenvalue weighted by atomic mass is 35.5. The van der Waals surface area contributed by atoms with E-state index in [2.05, 4.69) is 10.5 Å². The zero-order chi connectivity index (χ0) is 22.9. The molecule has 0 radical (unpaired) electrons. The van der Waals surface area contributed by atoms with Gasteiger partial charge >= 0.3 is 0 Å². The van der Waals surface area contributed by atoms with E-state index in [1.807, 2.05) is 6.07 Å². The van der Waals surface area contributed by atoms with Crippen LogP contribution in [0, 0.1) is 0 Å². The molecule has 0 saturated heterocycles. The van der Waals surface area contributed by atoms with Crippen LogP contribution in [0.2, 0.25) is 15.1 Å². The van der Waals surface area contributed by atoms with Crippen LogP contribution in [-0.4, -0.2) is 11.1 Å². The second kappa shape index (κ2) is 9.14. The molecule has 1 amide bonds. The van der Waals surface area contributed by atoms with Crippen molar-refractivity contribution in [1.29, 1.82) is 0 Å². The fourth-order valence-electron chi connectivity index (χ4n) is 3.76. The number of fused-ring (bicyclic) bond motifs is 1. The smallest absolute Gasteiger partial charge is 0.291 e. The Labute approximate surface area is 204 Å². The molecule has 1 aliphatic carbocycles. The van der Waals surface area contributed by atoms with Gasteiger partial charge in [-0.1, -0.05) is 40.0 Å². The van der Waals surface area contributed by atoms with Crippen LogP contribution in [0.4, 0.5) is 5.69 Å². The Kier molecular flexibility index (Phi) is 6.06. The first-order valence-corrected chi connectivity index (χ1v) is 11.4. The molecule has 1 N–H and O–H groups in total. The van der Waals surface area contributed by atoms with E-state index >= 15 is 0 Å². The largest absolute Gasteiger partial charge is 0.426 e. The number of ether oxygens (including phenoxy) is 1. The third-order valence-corrected chi connectivity index (χ3v) is 6.06. The van der Waals surface area contributed by atoms with E-state index in [9.17, 15) is 4.79 Å². The van der Waals surface area contributed by atoms with Crippen LogP contribution in [-0.2, 0) is 12.8 Å². The second-order valence-electron chi connectivity index (χ2n) is 7.62. The second-order valence-corrected chi connectivity index (χ2v) is 8.90. The molecule has 4 aromatic rings. The molecule has 0 bridgehead atoms. The molecule has 0 unspecified atom stereocenters. The molecule has 1 aliphatic rings. The topological polar surface area (TPSA) is 77.5 Å². The average Bonchev–Trinajstić information content (AvgIpc) is 3.42. The Morgan fingerprint density at radius 2 is 1.76 bits per heavy atom. The van der Waals surface area contributed by atoms with E-state index in [1.54, 1.807) is 30.3 Å². The molecule has 0 aliphatic heterocycles. The normalized spacial score (nSPS) is 12.9. The zero-order valence-corrected chi connectivity index (χ0v) is 19.4. The fourth-order valence-corrected chi connectivity index (χ4v) is 4.44. The van der Waals surface area contributed by atoms with Gasteiger partial charge in [-0.15, -0.1) is 0 Å². The third-order valence-electron chi connectivity index (χ3n) is 5.30. The summed E-state index contributed by atoms with van der Waals surface area (Å²) in [5, 5.41) is 8.21. The lowest BCUT2D eigenvalue weighted by Crippen LogP contribution is -2.11. The zero-order valence-electron chi connectivity index (χ0n) is 17.2. The van der Waals surface area contributed by atoms with E-state index in [1.165, 1.54) is 12.1 Å². The summed E-state index contributed by atoms with van der Waals surface area (Å²) in [5.74, 6) is 0.793. The number of hydrogen-bond acceptors (Lipinski definition) is 5. The quantitative estimate of drug-likeness (QED) is 0.300. The molecule has 168 valence electrons. The Balaban J connectivity index is 1.34. The number of anilines is 1. The van der Waals surface area contributed by atoms with Crippen LogP contribution in [0.5, 0.6) is 11.7 Å². The summed E-state index contributed by atoms with van der Waals surface area (Å²) < 4.78 is 16.7. The van der Waals surface area contributed by atoms with Crippen molar-refractivity contribution in [3.8, 4) is 23.0 Å². The highest BCUT2D eigenvalue weighted by molar-refractivity contribution is 6.35. The highest BCUT2D eigenvalue weighted by Gasteiger charge is 2.22. The lowest BCUT2D eigenvalue weighted by Gasteiger charge is -2.11. The number of benzene rings is 2. The van der Waals surface area contributed by atoms with Crippen molar-refractivity contribution < 1.29 is 18.5 Å². The van der Waals surface area contributed by atoms with Gasteiger partial charge in [-0.3, -0.25) is 4.79 Å². The minimum atomic E-state index is -0.479. The number of rotatable bonds is 5. The predicted octanol–water partition coefficient (Wildman–Crippen LogP) is 7.82. The van der Waals surface area contributed by atoms with Crippen LogP contribution >= 0.6 is 34.8 Å². The number of carbonyl (C=O) groups is 1. The van der Waals surface area contributed by atoms with Crippen molar-refractivity contribution in [2.45, 2.75) is 25.7 Å². The lowest BCUT2D eigenvalue weighted by molar-refractivity contribution is 0.0992. The summed E-state index contributed by atoms with van der Waals surface area (Å²) in [6.45, 7) is 0. The summed E-state index contributed by atoms with van der Waals surface area (Å²) in [7, 11) is 0. The van der Waals surface area contributed by atoms with Gasteiger partial charge in [0.1, 0.15) is 5.75 Å². The molecule has 0 atom stereocenters. The first-order valence-electron chi connectivity index (χ1n) is 10.3. The van der Waals surface area contributed by atoms with Gasteiger partial charge in [0.2, 0.25) is 0 Å². The molecule has 33 heavy (non-hydrogen) atoms. The van der Waals surface area contributed by atoms with Crippen molar-refractivity contribution in [2.75, 3.05) is 5.32 Å². The first-order chi connectivity index (χ1) is 16.0. The van der Waals surface area contributed by atoms with Crippen molar-refractivity contribution in [3.05, 3.63) is 80.6 Å². The minimum Gasteiger partial charge on any atom is -0.426 e. The number of amides is 1. The van der Waals surface area contributed by atoms with Gasteiger partial charge in [0, 0.05) is 27.2 Å². The number of carbonyl (C=O) groups excluding carboxylic acids is 1. The predicted molar refractivity (Wildman–Crippen MR) is 127 cm³/mol. The summed E-state index contributed by atoms with van der Waals surface area (Å²) in [6.07, 6.45) is 4.05. The first kappa shape index (κ1) is 21.9. The van der Waals surface area contributed by atoms with Crippen molar-refractivity contribution >= 4 is 46.4 Å². The van der Waals surface area contributed by atoms with Gasteiger partial charge in [0.25, 0.3) is 11.9 Å². The number of nitrogens with zero attached hydrogens (tertiary/aromatic N) is 1. The standard InChI is InChI=1S/C24H17Cl3N2O4/c25-14-10-15(26)12-16(11-14)31-22-8-7-21(32-22)24(30)28-20-9-13(5-6-18(20)27)23-17-3-1-2-4-19(17)29-33-23/h5-12H,1-4H2,(H,28,30). The molecular weight excluding hydrogens is 487 g/mol. The minimum absolute atomic E-state index is 0.0524. The van der Waals surface area contributed by atoms with Crippen LogP contribution in [0.25, 0.3) is 11.3 Å². The van der Waals surface area contributed by atoms with Gasteiger partial charge in [-0.25, -0.2) is 0 Å². The van der Waals surface area contributed by atoms with Crippen LogP contribution in [0.15, 0.2) is 57.5 Å². The maximum Gasteiger partial charge on any atom is 0.291 e. The summed E-state index contributed by atoms with van der Waals surface area (Å²) >= 11 is 18.3. The molecule has 0 saturated carbocycles. The Hall–Kier alpha value is -2.93. The fraction of sp³-hybridized carbons (Fsp3) is 0.167. The molecule has 0 fully saturated rings. The Morgan fingerprint density at radius 1 is 0.970 bits per heavy atom. The van der Waals surface area contributed by atoms with E-state index in [0.717, 1.165) is 42.5 Å². The van der Waals surface area contributed by atoms with E-state index in [0.29, 0.717) is 32.3 Å². The van der Waals surface area contributed by atoms with Gasteiger partial charge in [0.05, 0.1) is 16.4 Å². The van der Waals surface area contributed by atoms with Crippen molar-refractivity contribution in [3.63, 3.8) is 0 Å². The maximum atomic E-state index is 12.8. The molecule has 9 heteroatoms. The molecule has 2 aromatic carbocycles. The lowest BCUT2D eigenvalue weighted by atomic mass is 9.94. The van der Waals surface area contributed by atoms with Gasteiger partial charge in [0.15, 0.2) is 11.5 Å². The highest BCUT2D eigenvalue weighted by Crippen LogP contribution is 2.35. The van der Waals surface area contributed by atoms with Crippen LogP contribution < -0.4 is 10.1 Å².